The Hall–Kier alpha value is -3.18. The van der Waals surface area contributed by atoms with Crippen molar-refractivity contribution in [2.75, 3.05) is 6.54 Å². The van der Waals surface area contributed by atoms with Crippen LogP contribution in [0, 0.1) is 12.7 Å². The Labute approximate surface area is 185 Å². The number of benzene rings is 3. The molecule has 0 unspecified atom stereocenters. The molecular weight excluding hydrogens is 415 g/mol. The maximum absolute atomic E-state index is 14.3. The fourth-order valence-electron chi connectivity index (χ4n) is 3.57. The molecule has 31 heavy (non-hydrogen) atoms. The lowest BCUT2D eigenvalue weighted by Crippen LogP contribution is -2.37. The average Bonchev–Trinajstić information content (AvgIpc) is 3.22. The normalized spacial score (nSPS) is 15.3. The Morgan fingerprint density at radius 3 is 2.65 bits per heavy atom. The van der Waals surface area contributed by atoms with E-state index in [0.717, 1.165) is 16.8 Å². The first-order valence-corrected chi connectivity index (χ1v) is 10.5. The number of carbonyl (C=O) groups is 1. The van der Waals surface area contributed by atoms with Crippen LogP contribution in [0.25, 0.3) is 0 Å². The van der Waals surface area contributed by atoms with E-state index in [1.54, 1.807) is 29.2 Å². The highest BCUT2D eigenvalue weighted by atomic mass is 35.5. The molecule has 6 heteroatoms. The monoisotopic (exact) mass is 436 g/mol. The van der Waals surface area contributed by atoms with Crippen LogP contribution in [0.1, 0.15) is 33.5 Å². The molecule has 0 N–H and O–H groups in total. The van der Waals surface area contributed by atoms with E-state index in [1.165, 1.54) is 17.7 Å². The van der Waals surface area contributed by atoms with E-state index in [9.17, 15) is 9.18 Å². The van der Waals surface area contributed by atoms with Gasteiger partial charge in [-0.15, -0.1) is 0 Å². The van der Waals surface area contributed by atoms with Crippen LogP contribution in [-0.4, -0.2) is 29.2 Å². The van der Waals surface area contributed by atoms with Crippen molar-refractivity contribution in [3.05, 3.63) is 106 Å². The number of carbonyl (C=O) groups excluding carboxylic acids is 1. The molecule has 0 radical (unpaired) electrons. The van der Waals surface area contributed by atoms with Gasteiger partial charge in [0, 0.05) is 18.0 Å². The molecule has 1 atom stereocenters. The first kappa shape index (κ1) is 21.1. The third-order valence-electron chi connectivity index (χ3n) is 5.20. The fraction of sp³-hybridized carbons (Fsp3) is 0.200. The molecule has 0 saturated heterocycles. The van der Waals surface area contributed by atoms with Gasteiger partial charge in [0.15, 0.2) is 6.10 Å². The van der Waals surface area contributed by atoms with Crippen molar-refractivity contribution in [2.45, 2.75) is 26.0 Å². The summed E-state index contributed by atoms with van der Waals surface area (Å²) >= 11 is 6.11. The Balaban J connectivity index is 1.53. The van der Waals surface area contributed by atoms with Gasteiger partial charge in [-0.2, -0.15) is 0 Å². The Morgan fingerprint density at radius 2 is 1.90 bits per heavy atom. The number of amides is 1. The highest BCUT2D eigenvalue weighted by Gasteiger charge is 2.28. The molecule has 1 amide bonds. The Bertz CT molecular complexity index is 1110. The summed E-state index contributed by atoms with van der Waals surface area (Å²) in [6, 6.07) is 21.3. The summed E-state index contributed by atoms with van der Waals surface area (Å²) in [5.41, 5.74) is 3.89. The summed E-state index contributed by atoms with van der Waals surface area (Å²) in [7, 11) is 0. The van der Waals surface area contributed by atoms with Gasteiger partial charge in [0.25, 0.3) is 5.91 Å². The van der Waals surface area contributed by atoms with Gasteiger partial charge in [0.05, 0.1) is 17.8 Å². The second-order valence-electron chi connectivity index (χ2n) is 7.63. The van der Waals surface area contributed by atoms with Gasteiger partial charge in [-0.1, -0.05) is 70.9 Å². The van der Waals surface area contributed by atoms with E-state index in [-0.39, 0.29) is 24.8 Å². The zero-order chi connectivity index (χ0) is 21.8. The highest BCUT2D eigenvalue weighted by Crippen LogP contribution is 2.21. The maximum Gasteiger partial charge on any atom is 0.257 e. The minimum Gasteiger partial charge on any atom is -0.390 e. The van der Waals surface area contributed by atoms with Crippen LogP contribution in [-0.2, 0) is 11.4 Å². The van der Waals surface area contributed by atoms with Crippen molar-refractivity contribution in [3.8, 4) is 0 Å². The van der Waals surface area contributed by atoms with Crippen LogP contribution >= 0.6 is 11.6 Å². The number of oxime groups is 1. The van der Waals surface area contributed by atoms with Crippen molar-refractivity contribution in [3.63, 3.8) is 0 Å². The SMILES string of the molecule is Cc1ccc(C2=NO[C@@H](CN(Cc3cccc(Cl)c3)C(=O)c3ccccc3F)C2)cc1. The molecule has 0 bridgehead atoms. The van der Waals surface area contributed by atoms with Crippen molar-refractivity contribution in [1.29, 1.82) is 0 Å². The maximum atomic E-state index is 14.3. The predicted octanol–water partition coefficient (Wildman–Crippen LogP) is 5.62. The van der Waals surface area contributed by atoms with E-state index in [4.69, 9.17) is 16.4 Å². The van der Waals surface area contributed by atoms with Crippen molar-refractivity contribution < 1.29 is 14.0 Å². The molecule has 0 aromatic heterocycles. The van der Waals surface area contributed by atoms with Crippen LogP contribution in [0.2, 0.25) is 5.02 Å². The molecule has 1 aliphatic rings. The molecule has 4 nitrogen and oxygen atoms in total. The van der Waals surface area contributed by atoms with E-state index < -0.39 is 11.7 Å². The molecule has 3 aromatic carbocycles. The Morgan fingerprint density at radius 1 is 1.13 bits per heavy atom. The van der Waals surface area contributed by atoms with Crippen molar-refractivity contribution >= 4 is 23.2 Å². The smallest absolute Gasteiger partial charge is 0.257 e. The molecule has 1 heterocycles. The summed E-state index contributed by atoms with van der Waals surface area (Å²) in [4.78, 5) is 20.4. The largest absolute Gasteiger partial charge is 0.390 e. The van der Waals surface area contributed by atoms with Gasteiger partial charge in [-0.25, -0.2) is 4.39 Å². The zero-order valence-electron chi connectivity index (χ0n) is 17.1. The lowest BCUT2D eigenvalue weighted by molar-refractivity contribution is 0.0402. The Kier molecular flexibility index (Phi) is 6.33. The minimum absolute atomic E-state index is 0.0298. The third kappa shape index (κ3) is 5.12. The summed E-state index contributed by atoms with van der Waals surface area (Å²) < 4.78 is 14.3. The second kappa shape index (κ2) is 9.31. The van der Waals surface area contributed by atoms with Gasteiger partial charge >= 0.3 is 0 Å². The molecule has 4 rings (SSSR count). The van der Waals surface area contributed by atoms with Crippen LogP contribution in [0.5, 0.6) is 0 Å². The standard InChI is InChI=1S/C25H22ClFN2O2/c1-17-9-11-19(12-10-17)24-14-21(31-28-24)16-29(15-18-5-4-6-20(26)13-18)25(30)22-7-2-3-8-23(22)27/h2-13,21H,14-16H2,1H3/t21-/m1/s1. The lowest BCUT2D eigenvalue weighted by atomic mass is 10.0. The topological polar surface area (TPSA) is 41.9 Å². The minimum atomic E-state index is -0.549. The molecule has 0 saturated carbocycles. The quantitative estimate of drug-likeness (QED) is 0.503. The van der Waals surface area contributed by atoms with Crippen LogP contribution in [0.15, 0.2) is 78.0 Å². The molecule has 1 aliphatic heterocycles. The summed E-state index contributed by atoms with van der Waals surface area (Å²) in [6.07, 6.45) is 0.255. The number of aryl methyl sites for hydroxylation is 1. The zero-order valence-corrected chi connectivity index (χ0v) is 17.8. The van der Waals surface area contributed by atoms with Gasteiger partial charge in [-0.05, 0) is 42.3 Å². The van der Waals surface area contributed by atoms with Crippen molar-refractivity contribution in [1.82, 2.24) is 4.90 Å². The number of rotatable bonds is 6. The first-order valence-electron chi connectivity index (χ1n) is 10.1. The van der Waals surface area contributed by atoms with Gasteiger partial charge in [-0.3, -0.25) is 4.79 Å². The summed E-state index contributed by atoms with van der Waals surface area (Å²) in [5, 5.41) is 4.81. The average molecular weight is 437 g/mol. The number of halogens is 2. The number of hydrogen-bond acceptors (Lipinski definition) is 3. The van der Waals surface area contributed by atoms with E-state index in [0.29, 0.717) is 11.4 Å². The van der Waals surface area contributed by atoms with E-state index in [1.807, 2.05) is 43.3 Å². The first-order chi connectivity index (χ1) is 15.0. The summed E-state index contributed by atoms with van der Waals surface area (Å²) in [6.45, 7) is 2.59. The van der Waals surface area contributed by atoms with Crippen LogP contribution in [0.3, 0.4) is 0 Å². The second-order valence-corrected chi connectivity index (χ2v) is 8.07. The van der Waals surface area contributed by atoms with Crippen LogP contribution < -0.4 is 0 Å². The molecule has 0 fully saturated rings. The predicted molar refractivity (Wildman–Crippen MR) is 120 cm³/mol. The molecule has 3 aromatic rings. The summed E-state index contributed by atoms with van der Waals surface area (Å²) in [5.74, 6) is -0.946. The fourth-order valence-corrected chi connectivity index (χ4v) is 3.78. The van der Waals surface area contributed by atoms with Crippen LogP contribution in [0.4, 0.5) is 4.39 Å². The molecule has 158 valence electrons. The lowest BCUT2D eigenvalue weighted by Gasteiger charge is -2.25. The highest BCUT2D eigenvalue weighted by molar-refractivity contribution is 6.30. The van der Waals surface area contributed by atoms with Gasteiger partial charge in [0.2, 0.25) is 0 Å². The number of hydrogen-bond donors (Lipinski definition) is 0. The molecule has 0 aliphatic carbocycles. The van der Waals surface area contributed by atoms with Crippen molar-refractivity contribution in [2.24, 2.45) is 5.16 Å². The molecule has 0 spiro atoms. The third-order valence-corrected chi connectivity index (χ3v) is 5.43. The van der Waals surface area contributed by atoms with E-state index >= 15 is 0 Å². The number of nitrogens with zero attached hydrogens (tertiary/aromatic N) is 2. The van der Waals surface area contributed by atoms with Gasteiger partial charge < -0.3 is 9.74 Å². The molecular formula is C25H22ClFN2O2. The van der Waals surface area contributed by atoms with E-state index in [2.05, 4.69) is 5.16 Å². The van der Waals surface area contributed by atoms with Gasteiger partial charge in [0.1, 0.15) is 5.82 Å².